The summed E-state index contributed by atoms with van der Waals surface area (Å²) in [5.74, 6) is -16.1. The normalized spacial score (nSPS) is 16.3. The molecule has 1 aliphatic heterocycles. The van der Waals surface area contributed by atoms with E-state index in [0.29, 0.717) is 52.9 Å². The third-order valence-electron chi connectivity index (χ3n) is 7.76. The number of hydrogen-bond acceptors (Lipinski definition) is 16. The molecule has 22 heteroatoms. The summed E-state index contributed by atoms with van der Waals surface area (Å²) in [5.41, 5.74) is -0.101. The average molecular weight is 856 g/mol. The summed E-state index contributed by atoms with van der Waals surface area (Å²) in [4.78, 5) is 49.6. The van der Waals surface area contributed by atoms with Gasteiger partial charge in [0.25, 0.3) is 5.91 Å². The quantitative estimate of drug-likeness (QED) is 0.0275. The SMILES string of the molecule is COCCOCCOCCOCCOCCOCCNC(=O)c1cc(COC(=O)Oc2c(F)c(F)c(F)c(F)c2F)ccc1OC1CC(OC(C)=O)CC(C(=O)OC)O1. The van der Waals surface area contributed by atoms with Crippen molar-refractivity contribution in [1.82, 2.24) is 5.32 Å². The lowest BCUT2D eigenvalue weighted by Crippen LogP contribution is -2.44. The number of ether oxygens (including phenoxy) is 12. The maximum Gasteiger partial charge on any atom is 0.514 e. The molecule has 0 bridgehead atoms. The fourth-order valence-corrected chi connectivity index (χ4v) is 5.01. The number of halogens is 5. The van der Waals surface area contributed by atoms with E-state index in [2.05, 4.69) is 10.1 Å². The number of rotatable bonds is 26. The van der Waals surface area contributed by atoms with Crippen molar-refractivity contribution in [3.05, 3.63) is 58.4 Å². The van der Waals surface area contributed by atoms with Gasteiger partial charge in [-0.1, -0.05) is 6.07 Å². The summed E-state index contributed by atoms with van der Waals surface area (Å²) >= 11 is 0. The molecule has 330 valence electrons. The molecule has 1 heterocycles. The lowest BCUT2D eigenvalue weighted by Gasteiger charge is -2.33. The van der Waals surface area contributed by atoms with Crippen molar-refractivity contribution in [1.29, 1.82) is 0 Å². The van der Waals surface area contributed by atoms with Crippen molar-refractivity contribution < 1.29 is 98.0 Å². The molecule has 1 aliphatic rings. The van der Waals surface area contributed by atoms with Crippen LogP contribution in [0.2, 0.25) is 0 Å². The fraction of sp³-hybridized carbons (Fsp3) is 0.568. The van der Waals surface area contributed by atoms with Crippen LogP contribution in [0.5, 0.6) is 11.5 Å². The van der Waals surface area contributed by atoms with E-state index in [9.17, 15) is 41.1 Å². The van der Waals surface area contributed by atoms with Gasteiger partial charge in [0.2, 0.25) is 41.1 Å². The highest BCUT2D eigenvalue weighted by atomic mass is 19.2. The van der Waals surface area contributed by atoms with Crippen LogP contribution < -0.4 is 14.8 Å². The van der Waals surface area contributed by atoms with E-state index < -0.39 is 83.9 Å². The molecule has 3 atom stereocenters. The van der Waals surface area contributed by atoms with Crippen LogP contribution in [0.15, 0.2) is 18.2 Å². The zero-order valence-electron chi connectivity index (χ0n) is 32.5. The number of hydrogen-bond donors (Lipinski definition) is 1. The first kappa shape index (κ1) is 48.7. The number of methoxy groups -OCH3 is 2. The predicted molar refractivity (Wildman–Crippen MR) is 188 cm³/mol. The van der Waals surface area contributed by atoms with E-state index in [1.807, 2.05) is 0 Å². The fourth-order valence-electron chi connectivity index (χ4n) is 5.01. The summed E-state index contributed by atoms with van der Waals surface area (Å²) in [7, 11) is 2.73. The van der Waals surface area contributed by atoms with E-state index in [1.54, 1.807) is 7.11 Å². The Kier molecular flexibility index (Phi) is 21.8. The highest BCUT2D eigenvalue weighted by Gasteiger charge is 2.38. The largest absolute Gasteiger partial charge is 0.514 e. The Morgan fingerprint density at radius 3 is 1.81 bits per heavy atom. The molecule has 1 amide bonds. The van der Waals surface area contributed by atoms with Crippen molar-refractivity contribution in [2.24, 2.45) is 0 Å². The third-order valence-corrected chi connectivity index (χ3v) is 7.76. The van der Waals surface area contributed by atoms with Gasteiger partial charge in [0, 0.05) is 33.4 Å². The monoisotopic (exact) mass is 855 g/mol. The smallest absolute Gasteiger partial charge is 0.467 e. The molecule has 3 unspecified atom stereocenters. The van der Waals surface area contributed by atoms with E-state index in [1.165, 1.54) is 25.1 Å². The van der Waals surface area contributed by atoms with Gasteiger partial charge in [0.1, 0.15) is 18.5 Å². The number of carbonyl (C=O) groups excluding carboxylic acids is 4. The number of amides is 1. The minimum Gasteiger partial charge on any atom is -0.467 e. The standard InChI is InChI=1S/C37H46F5NO16/c1-22(44)56-24-19-27(36(46)49-3)58-28(20-24)57-26-5-4-23(21-55-37(47)59-34-32(41)30(39)29(38)31(40)33(34)42)18-25(26)35(45)43-6-7-50-10-11-52-14-15-54-17-16-53-13-12-51-9-8-48-2/h4-5,18,24,27-28H,6-17,19-21H2,1-3H3,(H,43,45). The average Bonchev–Trinajstić information content (AvgIpc) is 3.22. The number of benzene rings is 2. The maximum atomic E-state index is 14.0. The summed E-state index contributed by atoms with van der Waals surface area (Å²) < 4.78 is 131. The van der Waals surface area contributed by atoms with Crippen molar-refractivity contribution in [2.45, 2.75) is 44.9 Å². The van der Waals surface area contributed by atoms with Gasteiger partial charge in [-0.25, -0.2) is 22.8 Å². The Morgan fingerprint density at radius 1 is 0.729 bits per heavy atom. The van der Waals surface area contributed by atoms with E-state index >= 15 is 0 Å². The third kappa shape index (κ3) is 16.8. The van der Waals surface area contributed by atoms with Gasteiger partial charge in [-0.2, -0.15) is 8.78 Å². The Balaban J connectivity index is 1.55. The second-order valence-corrected chi connectivity index (χ2v) is 12.1. The van der Waals surface area contributed by atoms with Crippen LogP contribution in [0.3, 0.4) is 0 Å². The molecule has 0 aliphatic carbocycles. The molecule has 1 N–H and O–H groups in total. The second kappa shape index (κ2) is 26.4. The summed E-state index contributed by atoms with van der Waals surface area (Å²) in [6.45, 7) is 4.27. The minimum absolute atomic E-state index is 0.00730. The molecule has 2 aromatic rings. The van der Waals surface area contributed by atoms with Crippen molar-refractivity contribution in [3.63, 3.8) is 0 Å². The van der Waals surface area contributed by atoms with Crippen molar-refractivity contribution in [2.75, 3.05) is 93.4 Å². The van der Waals surface area contributed by atoms with Crippen molar-refractivity contribution in [3.8, 4) is 11.5 Å². The zero-order chi connectivity index (χ0) is 43.2. The van der Waals surface area contributed by atoms with Gasteiger partial charge >= 0.3 is 18.1 Å². The second-order valence-electron chi connectivity index (χ2n) is 12.1. The minimum atomic E-state index is -2.46. The first-order valence-corrected chi connectivity index (χ1v) is 18.1. The Hall–Kier alpha value is -4.71. The first-order valence-electron chi connectivity index (χ1n) is 18.1. The Bertz CT molecular complexity index is 1640. The first-order chi connectivity index (χ1) is 28.4. The Labute approximate surface area is 335 Å². The molecule has 0 saturated carbocycles. The topological polar surface area (TPSA) is 191 Å². The molecule has 1 saturated heterocycles. The molecule has 1 fully saturated rings. The van der Waals surface area contributed by atoms with Gasteiger partial charge < -0.3 is 62.2 Å². The Morgan fingerprint density at radius 2 is 1.27 bits per heavy atom. The lowest BCUT2D eigenvalue weighted by atomic mass is 10.0. The van der Waals surface area contributed by atoms with E-state index in [0.717, 1.165) is 7.11 Å². The van der Waals surface area contributed by atoms with Crippen LogP contribution >= 0.6 is 0 Å². The molecular weight excluding hydrogens is 809 g/mol. The van der Waals surface area contributed by atoms with Crippen LogP contribution in [0, 0.1) is 29.1 Å². The summed E-state index contributed by atoms with van der Waals surface area (Å²) in [6, 6.07) is 3.76. The van der Waals surface area contributed by atoms with Crippen molar-refractivity contribution >= 4 is 24.0 Å². The predicted octanol–water partition coefficient (Wildman–Crippen LogP) is 3.55. The molecule has 17 nitrogen and oxygen atoms in total. The molecule has 2 aromatic carbocycles. The molecular formula is C37H46F5NO16. The summed E-state index contributed by atoms with van der Waals surface area (Å²) in [6.07, 6.45) is -5.16. The molecule has 0 radical (unpaired) electrons. The van der Waals surface area contributed by atoms with Gasteiger partial charge in [-0.05, 0) is 17.7 Å². The van der Waals surface area contributed by atoms with Crippen LogP contribution in [0.25, 0.3) is 0 Å². The molecule has 0 spiro atoms. The summed E-state index contributed by atoms with van der Waals surface area (Å²) in [5, 5.41) is 2.62. The van der Waals surface area contributed by atoms with E-state index in [-0.39, 0.29) is 56.1 Å². The molecule has 59 heavy (non-hydrogen) atoms. The van der Waals surface area contributed by atoms with Gasteiger partial charge in [0.05, 0.1) is 85.3 Å². The van der Waals surface area contributed by atoms with Crippen LogP contribution in [-0.2, 0) is 63.6 Å². The molecule has 0 aromatic heterocycles. The lowest BCUT2D eigenvalue weighted by molar-refractivity contribution is -0.204. The number of nitrogens with one attached hydrogen (secondary N) is 1. The number of carbonyl (C=O) groups is 4. The number of esters is 2. The van der Waals surface area contributed by atoms with Gasteiger partial charge in [0.15, 0.2) is 6.10 Å². The van der Waals surface area contributed by atoms with Gasteiger partial charge in [-0.3, -0.25) is 9.59 Å². The zero-order valence-corrected chi connectivity index (χ0v) is 32.5. The van der Waals surface area contributed by atoms with Crippen LogP contribution in [0.1, 0.15) is 35.7 Å². The highest BCUT2D eigenvalue weighted by Crippen LogP contribution is 2.31. The van der Waals surface area contributed by atoms with Gasteiger partial charge in [-0.15, -0.1) is 0 Å². The maximum absolute atomic E-state index is 14.0. The highest BCUT2D eigenvalue weighted by molar-refractivity contribution is 5.97. The molecule has 3 rings (SSSR count). The van der Waals surface area contributed by atoms with E-state index in [4.69, 9.17) is 52.1 Å². The van der Waals surface area contributed by atoms with Crippen LogP contribution in [-0.4, -0.2) is 136 Å². The van der Waals surface area contributed by atoms with Crippen LogP contribution in [0.4, 0.5) is 26.7 Å².